The van der Waals surface area contributed by atoms with E-state index < -0.39 is 0 Å². The molecule has 0 fully saturated rings. The van der Waals surface area contributed by atoms with Crippen LogP contribution in [0, 0.1) is 5.82 Å². The zero-order valence-electron chi connectivity index (χ0n) is 10.1. The van der Waals surface area contributed by atoms with E-state index in [2.05, 4.69) is 5.32 Å². The Bertz CT molecular complexity index is 389. The SMILES string of the molecule is CC(NCc1cc(F)cc(Cl)c1)C(=O)N(C)C. The largest absolute Gasteiger partial charge is 0.347 e. The van der Waals surface area contributed by atoms with Gasteiger partial charge in [0.25, 0.3) is 0 Å². The fourth-order valence-corrected chi connectivity index (χ4v) is 1.70. The van der Waals surface area contributed by atoms with E-state index in [9.17, 15) is 9.18 Å². The van der Waals surface area contributed by atoms with Gasteiger partial charge in [-0.05, 0) is 30.7 Å². The molecular formula is C12H16ClFN2O. The van der Waals surface area contributed by atoms with Crippen LogP contribution in [0.25, 0.3) is 0 Å². The molecule has 0 aliphatic heterocycles. The Hall–Kier alpha value is -1.13. The van der Waals surface area contributed by atoms with Crippen molar-refractivity contribution in [2.45, 2.75) is 19.5 Å². The number of nitrogens with one attached hydrogen (secondary N) is 1. The topological polar surface area (TPSA) is 32.3 Å². The highest BCUT2D eigenvalue weighted by Crippen LogP contribution is 2.14. The highest BCUT2D eigenvalue weighted by molar-refractivity contribution is 6.30. The lowest BCUT2D eigenvalue weighted by Crippen LogP contribution is -2.41. The lowest BCUT2D eigenvalue weighted by Gasteiger charge is -2.18. The Morgan fingerprint density at radius 3 is 2.65 bits per heavy atom. The Labute approximate surface area is 106 Å². The van der Waals surface area contributed by atoms with Crippen molar-refractivity contribution in [3.05, 3.63) is 34.6 Å². The molecule has 5 heteroatoms. The lowest BCUT2D eigenvalue weighted by atomic mass is 10.2. The first-order chi connectivity index (χ1) is 7.90. The van der Waals surface area contributed by atoms with Crippen molar-refractivity contribution >= 4 is 17.5 Å². The van der Waals surface area contributed by atoms with Gasteiger partial charge in [-0.3, -0.25) is 4.79 Å². The van der Waals surface area contributed by atoms with Gasteiger partial charge in [0.15, 0.2) is 0 Å². The fourth-order valence-electron chi connectivity index (χ4n) is 1.46. The maximum absolute atomic E-state index is 13.1. The summed E-state index contributed by atoms with van der Waals surface area (Å²) in [6.07, 6.45) is 0. The molecule has 0 heterocycles. The zero-order chi connectivity index (χ0) is 13.0. The standard InChI is InChI=1S/C12H16ClFN2O/c1-8(12(17)16(2)3)15-7-9-4-10(13)6-11(14)5-9/h4-6,8,15H,7H2,1-3H3. The summed E-state index contributed by atoms with van der Waals surface area (Å²) in [5.74, 6) is -0.395. The van der Waals surface area contributed by atoms with Crippen LogP contribution in [-0.2, 0) is 11.3 Å². The van der Waals surface area contributed by atoms with Gasteiger partial charge in [0.2, 0.25) is 5.91 Å². The van der Waals surface area contributed by atoms with Crippen LogP contribution in [0.3, 0.4) is 0 Å². The van der Waals surface area contributed by atoms with Gasteiger partial charge in [0.1, 0.15) is 5.82 Å². The minimum absolute atomic E-state index is 0.0208. The number of benzene rings is 1. The molecule has 1 amide bonds. The van der Waals surface area contributed by atoms with E-state index in [4.69, 9.17) is 11.6 Å². The van der Waals surface area contributed by atoms with Crippen LogP contribution in [0.5, 0.6) is 0 Å². The Kier molecular flexibility index (Phi) is 4.90. The molecule has 0 saturated heterocycles. The van der Waals surface area contributed by atoms with Crippen LogP contribution in [0.15, 0.2) is 18.2 Å². The van der Waals surface area contributed by atoms with E-state index >= 15 is 0 Å². The van der Waals surface area contributed by atoms with Crippen LogP contribution in [0.1, 0.15) is 12.5 Å². The van der Waals surface area contributed by atoms with Crippen molar-refractivity contribution in [1.82, 2.24) is 10.2 Å². The van der Waals surface area contributed by atoms with E-state index in [1.165, 1.54) is 17.0 Å². The highest BCUT2D eigenvalue weighted by Gasteiger charge is 2.13. The normalized spacial score (nSPS) is 12.3. The summed E-state index contributed by atoms with van der Waals surface area (Å²) >= 11 is 5.74. The molecular weight excluding hydrogens is 243 g/mol. The number of halogens is 2. The summed E-state index contributed by atoms with van der Waals surface area (Å²) in [7, 11) is 3.39. The van der Waals surface area contributed by atoms with Crippen molar-refractivity contribution in [2.75, 3.05) is 14.1 Å². The Balaban J connectivity index is 2.58. The summed E-state index contributed by atoms with van der Waals surface area (Å²) in [5, 5.41) is 3.37. The fraction of sp³-hybridized carbons (Fsp3) is 0.417. The van der Waals surface area contributed by atoms with E-state index in [1.807, 2.05) is 0 Å². The average Bonchev–Trinajstić information content (AvgIpc) is 2.23. The van der Waals surface area contributed by atoms with Crippen molar-refractivity contribution in [1.29, 1.82) is 0 Å². The number of rotatable bonds is 4. The molecule has 0 saturated carbocycles. The molecule has 0 spiro atoms. The number of hydrogen-bond acceptors (Lipinski definition) is 2. The highest BCUT2D eigenvalue weighted by atomic mass is 35.5. The quantitative estimate of drug-likeness (QED) is 0.897. The van der Waals surface area contributed by atoms with Crippen LogP contribution in [0.2, 0.25) is 5.02 Å². The van der Waals surface area contributed by atoms with Gasteiger partial charge in [-0.15, -0.1) is 0 Å². The summed E-state index contributed by atoms with van der Waals surface area (Å²) < 4.78 is 13.1. The minimum Gasteiger partial charge on any atom is -0.347 e. The monoisotopic (exact) mass is 258 g/mol. The van der Waals surface area contributed by atoms with Gasteiger partial charge < -0.3 is 10.2 Å². The summed E-state index contributed by atoms with van der Waals surface area (Å²) in [5.41, 5.74) is 0.716. The number of hydrogen-bond donors (Lipinski definition) is 1. The maximum Gasteiger partial charge on any atom is 0.238 e. The van der Waals surface area contributed by atoms with Crippen molar-refractivity contribution in [2.24, 2.45) is 0 Å². The van der Waals surface area contributed by atoms with Gasteiger partial charge in [0.05, 0.1) is 6.04 Å². The average molecular weight is 259 g/mol. The lowest BCUT2D eigenvalue weighted by molar-refractivity contribution is -0.130. The number of nitrogens with zero attached hydrogens (tertiary/aromatic N) is 1. The third-order valence-corrected chi connectivity index (χ3v) is 2.56. The first-order valence-corrected chi connectivity index (χ1v) is 5.67. The Morgan fingerprint density at radius 2 is 2.12 bits per heavy atom. The third kappa shape index (κ3) is 4.32. The number of carbonyl (C=O) groups is 1. The van der Waals surface area contributed by atoms with E-state index in [-0.39, 0.29) is 17.8 Å². The first-order valence-electron chi connectivity index (χ1n) is 5.29. The molecule has 0 aromatic heterocycles. The molecule has 1 aromatic rings. The van der Waals surface area contributed by atoms with Crippen LogP contribution in [0.4, 0.5) is 4.39 Å². The van der Waals surface area contributed by atoms with Crippen molar-refractivity contribution < 1.29 is 9.18 Å². The predicted molar refractivity (Wildman–Crippen MR) is 66.4 cm³/mol. The summed E-state index contributed by atoms with van der Waals surface area (Å²) in [6.45, 7) is 2.17. The summed E-state index contributed by atoms with van der Waals surface area (Å²) in [6, 6.07) is 4.00. The molecule has 0 aliphatic carbocycles. The summed E-state index contributed by atoms with van der Waals surface area (Å²) in [4.78, 5) is 13.1. The van der Waals surface area contributed by atoms with E-state index in [0.717, 1.165) is 0 Å². The minimum atomic E-state index is -0.374. The molecule has 0 bridgehead atoms. The number of carbonyl (C=O) groups excluding carboxylic acids is 1. The Morgan fingerprint density at radius 1 is 1.47 bits per heavy atom. The van der Waals surface area contributed by atoms with Gasteiger partial charge >= 0.3 is 0 Å². The van der Waals surface area contributed by atoms with Crippen LogP contribution >= 0.6 is 11.6 Å². The zero-order valence-corrected chi connectivity index (χ0v) is 10.9. The predicted octanol–water partition coefficient (Wildman–Crippen LogP) is 2.05. The van der Waals surface area contributed by atoms with Gasteiger partial charge in [-0.2, -0.15) is 0 Å². The molecule has 1 atom stereocenters. The maximum atomic E-state index is 13.1. The van der Waals surface area contributed by atoms with Crippen LogP contribution in [-0.4, -0.2) is 30.9 Å². The van der Waals surface area contributed by atoms with Crippen molar-refractivity contribution in [3.8, 4) is 0 Å². The van der Waals surface area contributed by atoms with E-state index in [0.29, 0.717) is 17.1 Å². The molecule has 1 aromatic carbocycles. The first kappa shape index (κ1) is 13.9. The molecule has 0 aliphatic rings. The molecule has 1 N–H and O–H groups in total. The second kappa shape index (κ2) is 5.98. The molecule has 3 nitrogen and oxygen atoms in total. The van der Waals surface area contributed by atoms with Gasteiger partial charge in [-0.25, -0.2) is 4.39 Å². The number of likely N-dealkylation sites (N-methyl/N-ethyl adjacent to an activating group) is 1. The van der Waals surface area contributed by atoms with Crippen molar-refractivity contribution in [3.63, 3.8) is 0 Å². The van der Waals surface area contributed by atoms with E-state index in [1.54, 1.807) is 27.1 Å². The number of amides is 1. The second-order valence-electron chi connectivity index (χ2n) is 4.11. The molecule has 0 radical (unpaired) electrons. The van der Waals surface area contributed by atoms with Gasteiger partial charge in [0, 0.05) is 25.7 Å². The third-order valence-electron chi connectivity index (χ3n) is 2.35. The molecule has 17 heavy (non-hydrogen) atoms. The second-order valence-corrected chi connectivity index (χ2v) is 4.55. The van der Waals surface area contributed by atoms with Crippen LogP contribution < -0.4 is 5.32 Å². The molecule has 1 rings (SSSR count). The smallest absolute Gasteiger partial charge is 0.238 e. The van der Waals surface area contributed by atoms with Gasteiger partial charge in [-0.1, -0.05) is 11.6 Å². The molecule has 1 unspecified atom stereocenters. The molecule has 94 valence electrons.